The fraction of sp³-hybridized carbons (Fsp3) is 0.308. The second-order valence-electron chi connectivity index (χ2n) is 4.38. The number of aliphatic carboxylic acids is 1. The summed E-state index contributed by atoms with van der Waals surface area (Å²) in [6.45, 7) is 0.413. The summed E-state index contributed by atoms with van der Waals surface area (Å²) in [5.74, 6) is -2.45. The van der Waals surface area contributed by atoms with E-state index in [1.807, 2.05) is 0 Å². The third kappa shape index (κ3) is 2.57. The van der Waals surface area contributed by atoms with E-state index in [0.29, 0.717) is 24.9 Å². The van der Waals surface area contributed by atoms with Crippen molar-refractivity contribution in [3.8, 4) is 0 Å². The molecule has 1 heterocycles. The van der Waals surface area contributed by atoms with Gasteiger partial charge in [0.15, 0.2) is 0 Å². The van der Waals surface area contributed by atoms with Crippen molar-refractivity contribution in [1.82, 2.24) is 4.90 Å². The normalized spacial score (nSPS) is 18.3. The Labute approximate surface area is 109 Å². The second kappa shape index (κ2) is 5.09. The highest BCUT2D eigenvalue weighted by atomic mass is 16.4. The highest BCUT2D eigenvalue weighted by molar-refractivity contribution is 5.98. The van der Waals surface area contributed by atoms with Crippen LogP contribution in [0.1, 0.15) is 33.6 Å². The molecule has 2 rings (SSSR count). The van der Waals surface area contributed by atoms with Crippen molar-refractivity contribution in [1.29, 1.82) is 0 Å². The van der Waals surface area contributed by atoms with Crippen molar-refractivity contribution < 1.29 is 24.6 Å². The van der Waals surface area contributed by atoms with E-state index in [4.69, 9.17) is 10.2 Å². The van der Waals surface area contributed by atoms with Crippen LogP contribution in [0, 0.1) is 0 Å². The summed E-state index contributed by atoms with van der Waals surface area (Å²) in [4.78, 5) is 35.2. The molecule has 1 fully saturated rings. The van der Waals surface area contributed by atoms with Crippen LogP contribution < -0.4 is 0 Å². The standard InChI is InChI=1S/C13H13NO5/c15-11(14-7-1-2-10(14)13(18)19)8-3-5-9(6-4-8)12(16)17/h3-6,10H,1-2,7H2,(H,16,17)(H,18,19)/t10-/m0/s1. The lowest BCUT2D eigenvalue weighted by Crippen LogP contribution is -2.40. The van der Waals surface area contributed by atoms with Crippen LogP contribution in [0.3, 0.4) is 0 Å². The SMILES string of the molecule is O=C(O)c1ccc(C(=O)N2CCC[C@H]2C(=O)O)cc1. The molecule has 0 aromatic heterocycles. The van der Waals surface area contributed by atoms with Crippen LogP contribution in [0.5, 0.6) is 0 Å². The molecule has 0 spiro atoms. The van der Waals surface area contributed by atoms with Crippen molar-refractivity contribution in [2.45, 2.75) is 18.9 Å². The number of carbonyl (C=O) groups excluding carboxylic acids is 1. The summed E-state index contributed by atoms with van der Waals surface area (Å²) in [7, 11) is 0. The Kier molecular flexibility index (Phi) is 3.50. The molecule has 0 saturated carbocycles. The molecule has 1 aliphatic rings. The van der Waals surface area contributed by atoms with Crippen LogP contribution in [0.2, 0.25) is 0 Å². The average molecular weight is 263 g/mol. The first-order valence-corrected chi connectivity index (χ1v) is 5.88. The molecule has 6 nitrogen and oxygen atoms in total. The number of hydrogen-bond donors (Lipinski definition) is 2. The van der Waals surface area contributed by atoms with Crippen LogP contribution >= 0.6 is 0 Å². The number of carboxylic acid groups (broad SMARTS) is 2. The number of hydrogen-bond acceptors (Lipinski definition) is 3. The zero-order chi connectivity index (χ0) is 14.0. The molecule has 0 unspecified atom stereocenters. The number of carboxylic acids is 2. The molecule has 0 radical (unpaired) electrons. The molecule has 6 heteroatoms. The van der Waals surface area contributed by atoms with Crippen LogP contribution in [0.4, 0.5) is 0 Å². The second-order valence-corrected chi connectivity index (χ2v) is 4.38. The topological polar surface area (TPSA) is 94.9 Å². The van der Waals surface area contributed by atoms with Crippen LogP contribution in [0.15, 0.2) is 24.3 Å². The molecule has 2 N–H and O–H groups in total. The highest BCUT2D eigenvalue weighted by Crippen LogP contribution is 2.20. The summed E-state index contributed by atoms with van der Waals surface area (Å²) >= 11 is 0. The molecule has 1 aromatic rings. The Morgan fingerprint density at radius 2 is 1.63 bits per heavy atom. The van der Waals surface area contributed by atoms with Crippen molar-refractivity contribution in [2.24, 2.45) is 0 Å². The van der Waals surface area contributed by atoms with E-state index < -0.39 is 18.0 Å². The molecule has 1 aliphatic heterocycles. The first-order valence-electron chi connectivity index (χ1n) is 5.88. The van der Waals surface area contributed by atoms with Gasteiger partial charge in [0.1, 0.15) is 6.04 Å². The molecule has 0 aliphatic carbocycles. The summed E-state index contributed by atoms with van der Waals surface area (Å²) in [5, 5.41) is 17.8. The van der Waals surface area contributed by atoms with Crippen LogP contribution in [-0.4, -0.2) is 45.5 Å². The lowest BCUT2D eigenvalue weighted by Gasteiger charge is -2.21. The Morgan fingerprint density at radius 3 is 2.16 bits per heavy atom. The van der Waals surface area contributed by atoms with Crippen molar-refractivity contribution in [2.75, 3.05) is 6.54 Å². The van der Waals surface area contributed by atoms with Gasteiger partial charge in [0.05, 0.1) is 5.56 Å². The van der Waals surface area contributed by atoms with Gasteiger partial charge in [0.25, 0.3) is 5.91 Å². The minimum Gasteiger partial charge on any atom is -0.480 e. The average Bonchev–Trinajstić information content (AvgIpc) is 2.87. The smallest absolute Gasteiger partial charge is 0.335 e. The van der Waals surface area contributed by atoms with Gasteiger partial charge in [-0.3, -0.25) is 4.79 Å². The third-order valence-electron chi connectivity index (χ3n) is 3.18. The number of nitrogens with zero attached hydrogens (tertiary/aromatic N) is 1. The van der Waals surface area contributed by atoms with Gasteiger partial charge in [-0.25, -0.2) is 9.59 Å². The predicted molar refractivity (Wildman–Crippen MR) is 65.1 cm³/mol. The number of benzene rings is 1. The fourth-order valence-corrected chi connectivity index (χ4v) is 2.19. The Hall–Kier alpha value is -2.37. The van der Waals surface area contributed by atoms with E-state index >= 15 is 0 Å². The van der Waals surface area contributed by atoms with E-state index in [1.165, 1.54) is 29.2 Å². The highest BCUT2D eigenvalue weighted by Gasteiger charge is 2.34. The molecule has 1 saturated heterocycles. The maximum atomic E-state index is 12.2. The van der Waals surface area contributed by atoms with Crippen molar-refractivity contribution in [3.63, 3.8) is 0 Å². The summed E-state index contributed by atoms with van der Waals surface area (Å²) in [6.07, 6.45) is 1.12. The number of amides is 1. The largest absolute Gasteiger partial charge is 0.480 e. The van der Waals surface area contributed by atoms with Gasteiger partial charge >= 0.3 is 11.9 Å². The van der Waals surface area contributed by atoms with E-state index in [2.05, 4.69) is 0 Å². The Bertz CT molecular complexity index is 522. The maximum Gasteiger partial charge on any atom is 0.335 e. The first-order chi connectivity index (χ1) is 9.00. The van der Waals surface area contributed by atoms with Gasteiger partial charge in [-0.1, -0.05) is 0 Å². The minimum absolute atomic E-state index is 0.0905. The van der Waals surface area contributed by atoms with Crippen molar-refractivity contribution in [3.05, 3.63) is 35.4 Å². The lowest BCUT2D eigenvalue weighted by atomic mass is 10.1. The Morgan fingerprint density at radius 1 is 1.05 bits per heavy atom. The van der Waals surface area contributed by atoms with Gasteiger partial charge in [0, 0.05) is 12.1 Å². The lowest BCUT2D eigenvalue weighted by molar-refractivity contribution is -0.141. The van der Waals surface area contributed by atoms with Gasteiger partial charge in [0.2, 0.25) is 0 Å². The molecule has 1 aromatic carbocycles. The van der Waals surface area contributed by atoms with Crippen LogP contribution in [0.25, 0.3) is 0 Å². The summed E-state index contributed by atoms with van der Waals surface area (Å²) in [5.41, 5.74) is 0.394. The first kappa shape index (κ1) is 13.1. The summed E-state index contributed by atoms with van der Waals surface area (Å²) in [6, 6.07) is 4.70. The number of rotatable bonds is 3. The zero-order valence-corrected chi connectivity index (χ0v) is 10.1. The number of carbonyl (C=O) groups is 3. The molecule has 0 bridgehead atoms. The number of aromatic carboxylic acids is 1. The van der Waals surface area contributed by atoms with E-state index in [0.717, 1.165) is 0 Å². The van der Waals surface area contributed by atoms with E-state index in [1.54, 1.807) is 0 Å². The molecule has 1 amide bonds. The van der Waals surface area contributed by atoms with Crippen LogP contribution in [-0.2, 0) is 4.79 Å². The monoisotopic (exact) mass is 263 g/mol. The fourth-order valence-electron chi connectivity index (χ4n) is 2.19. The van der Waals surface area contributed by atoms with E-state index in [-0.39, 0.29) is 11.5 Å². The Balaban J connectivity index is 2.19. The van der Waals surface area contributed by atoms with E-state index in [9.17, 15) is 14.4 Å². The zero-order valence-electron chi connectivity index (χ0n) is 10.1. The minimum atomic E-state index is -1.07. The number of likely N-dealkylation sites (tertiary alicyclic amines) is 1. The summed E-state index contributed by atoms with van der Waals surface area (Å²) < 4.78 is 0. The van der Waals surface area contributed by atoms with Gasteiger partial charge in [-0.15, -0.1) is 0 Å². The molecular formula is C13H13NO5. The third-order valence-corrected chi connectivity index (χ3v) is 3.18. The molecule has 19 heavy (non-hydrogen) atoms. The predicted octanol–water partition coefficient (Wildman–Crippen LogP) is 1.07. The van der Waals surface area contributed by atoms with Crippen molar-refractivity contribution >= 4 is 17.8 Å². The molecule has 100 valence electrons. The molecular weight excluding hydrogens is 250 g/mol. The van der Waals surface area contributed by atoms with Gasteiger partial charge in [-0.05, 0) is 37.1 Å². The van der Waals surface area contributed by atoms with Gasteiger partial charge < -0.3 is 15.1 Å². The quantitative estimate of drug-likeness (QED) is 0.850. The maximum absolute atomic E-state index is 12.2. The molecule has 1 atom stereocenters. The van der Waals surface area contributed by atoms with Gasteiger partial charge in [-0.2, -0.15) is 0 Å².